The molecular formula is C18H29ClN3O2+. The van der Waals surface area contributed by atoms with E-state index in [-0.39, 0.29) is 18.4 Å². The van der Waals surface area contributed by atoms with Crippen molar-refractivity contribution in [3.8, 4) is 0 Å². The van der Waals surface area contributed by atoms with Crippen LogP contribution in [-0.2, 0) is 9.59 Å². The van der Waals surface area contributed by atoms with E-state index in [0.29, 0.717) is 36.3 Å². The molecular weight excluding hydrogens is 326 g/mol. The molecule has 1 unspecified atom stereocenters. The molecule has 0 aliphatic heterocycles. The van der Waals surface area contributed by atoms with Crippen LogP contribution in [0.3, 0.4) is 0 Å². The van der Waals surface area contributed by atoms with Crippen molar-refractivity contribution in [2.45, 2.75) is 34.1 Å². The van der Waals surface area contributed by atoms with Crippen LogP contribution in [0.15, 0.2) is 18.2 Å². The van der Waals surface area contributed by atoms with Gasteiger partial charge in [-0.2, -0.15) is 0 Å². The van der Waals surface area contributed by atoms with E-state index in [1.54, 1.807) is 12.1 Å². The standard InChI is InChI=1S/C18H28ClN3O2/c1-5-22(11-17(23)20-9-8-13(2)3)12-18(24)21-16-10-15(19)7-6-14(16)4/h6-7,10,13H,5,8-9,11-12H2,1-4H3,(H,20,23)(H,21,24)/p+1. The minimum absolute atomic E-state index is 0.0146. The van der Waals surface area contributed by atoms with Gasteiger partial charge in [0, 0.05) is 17.3 Å². The summed E-state index contributed by atoms with van der Waals surface area (Å²) in [6.45, 7) is 10.1. The number of aryl methyl sites for hydroxylation is 1. The summed E-state index contributed by atoms with van der Waals surface area (Å²) in [5.41, 5.74) is 1.67. The van der Waals surface area contributed by atoms with Crippen LogP contribution >= 0.6 is 11.6 Å². The minimum atomic E-state index is -0.118. The lowest BCUT2D eigenvalue weighted by atomic mass is 10.1. The smallest absolute Gasteiger partial charge is 0.279 e. The molecule has 0 aliphatic rings. The molecule has 0 radical (unpaired) electrons. The Hall–Kier alpha value is -1.59. The summed E-state index contributed by atoms with van der Waals surface area (Å²) in [5, 5.41) is 6.36. The number of likely N-dealkylation sites (N-methyl/N-ethyl adjacent to an activating group) is 1. The quantitative estimate of drug-likeness (QED) is 0.631. The second-order valence-electron chi connectivity index (χ2n) is 6.50. The highest BCUT2D eigenvalue weighted by Crippen LogP contribution is 2.19. The molecule has 0 aromatic heterocycles. The Morgan fingerprint density at radius 1 is 1.21 bits per heavy atom. The zero-order chi connectivity index (χ0) is 18.1. The van der Waals surface area contributed by atoms with E-state index in [1.165, 1.54) is 0 Å². The molecule has 0 fully saturated rings. The molecule has 0 bridgehead atoms. The maximum absolute atomic E-state index is 12.2. The van der Waals surface area contributed by atoms with Gasteiger partial charge in [-0.25, -0.2) is 0 Å². The first-order valence-corrected chi connectivity index (χ1v) is 8.85. The largest absolute Gasteiger partial charge is 0.351 e. The summed E-state index contributed by atoms with van der Waals surface area (Å²) in [5.74, 6) is 0.429. The number of quaternary nitrogens is 1. The molecule has 1 atom stereocenters. The molecule has 6 heteroatoms. The van der Waals surface area contributed by atoms with Crippen molar-refractivity contribution in [3.63, 3.8) is 0 Å². The SMILES string of the molecule is CC[NH+](CC(=O)NCCC(C)C)CC(=O)Nc1cc(Cl)ccc1C. The number of hydrogen-bond acceptors (Lipinski definition) is 2. The number of hydrogen-bond donors (Lipinski definition) is 3. The number of halogens is 1. The van der Waals surface area contributed by atoms with Gasteiger partial charge in [0.2, 0.25) is 0 Å². The molecule has 0 spiro atoms. The van der Waals surface area contributed by atoms with Crippen molar-refractivity contribution in [3.05, 3.63) is 28.8 Å². The fourth-order valence-electron chi connectivity index (χ4n) is 2.25. The lowest BCUT2D eigenvalue weighted by Gasteiger charge is -2.17. The van der Waals surface area contributed by atoms with Crippen LogP contribution in [0.5, 0.6) is 0 Å². The van der Waals surface area contributed by atoms with Crippen LogP contribution < -0.4 is 15.5 Å². The first-order chi connectivity index (χ1) is 11.3. The van der Waals surface area contributed by atoms with Gasteiger partial charge in [0.05, 0.1) is 6.54 Å². The molecule has 2 amide bonds. The summed E-state index contributed by atoms with van der Waals surface area (Å²) in [7, 11) is 0. The van der Waals surface area contributed by atoms with E-state index >= 15 is 0 Å². The molecule has 5 nitrogen and oxygen atoms in total. The van der Waals surface area contributed by atoms with Gasteiger partial charge in [0.15, 0.2) is 13.1 Å². The predicted molar refractivity (Wildman–Crippen MR) is 98.5 cm³/mol. The predicted octanol–water partition coefficient (Wildman–Crippen LogP) is 1.65. The van der Waals surface area contributed by atoms with Crippen LogP contribution in [0.1, 0.15) is 32.8 Å². The molecule has 0 saturated heterocycles. The maximum atomic E-state index is 12.2. The fraction of sp³-hybridized carbons (Fsp3) is 0.556. The van der Waals surface area contributed by atoms with Gasteiger partial charge < -0.3 is 15.5 Å². The van der Waals surface area contributed by atoms with Gasteiger partial charge in [-0.05, 0) is 43.9 Å². The molecule has 134 valence electrons. The highest BCUT2D eigenvalue weighted by atomic mass is 35.5. The zero-order valence-corrected chi connectivity index (χ0v) is 15.8. The van der Waals surface area contributed by atoms with Gasteiger partial charge in [-0.3, -0.25) is 9.59 Å². The van der Waals surface area contributed by atoms with E-state index in [2.05, 4.69) is 24.5 Å². The van der Waals surface area contributed by atoms with Crippen molar-refractivity contribution in [1.29, 1.82) is 0 Å². The van der Waals surface area contributed by atoms with Gasteiger partial charge in [0.1, 0.15) is 0 Å². The maximum Gasteiger partial charge on any atom is 0.279 e. The number of nitrogens with one attached hydrogen (secondary N) is 3. The van der Waals surface area contributed by atoms with Crippen molar-refractivity contribution >= 4 is 29.1 Å². The summed E-state index contributed by atoms with van der Waals surface area (Å²) < 4.78 is 0. The Balaban J connectivity index is 2.47. The first kappa shape index (κ1) is 20.5. The van der Waals surface area contributed by atoms with Crippen LogP contribution in [0.25, 0.3) is 0 Å². The van der Waals surface area contributed by atoms with Gasteiger partial charge in [-0.15, -0.1) is 0 Å². The highest BCUT2D eigenvalue weighted by molar-refractivity contribution is 6.31. The lowest BCUT2D eigenvalue weighted by molar-refractivity contribution is -0.881. The molecule has 1 aromatic carbocycles. The molecule has 24 heavy (non-hydrogen) atoms. The third-order valence-corrected chi connectivity index (χ3v) is 4.07. The molecule has 1 aromatic rings. The molecule has 3 N–H and O–H groups in total. The Kier molecular flexibility index (Phi) is 8.79. The average molecular weight is 355 g/mol. The third-order valence-electron chi connectivity index (χ3n) is 3.84. The van der Waals surface area contributed by atoms with Crippen LogP contribution in [0.2, 0.25) is 5.02 Å². The van der Waals surface area contributed by atoms with Gasteiger partial charge in [-0.1, -0.05) is 31.5 Å². The van der Waals surface area contributed by atoms with E-state index in [1.807, 2.05) is 19.9 Å². The second-order valence-corrected chi connectivity index (χ2v) is 6.93. The van der Waals surface area contributed by atoms with Gasteiger partial charge >= 0.3 is 0 Å². The molecule has 1 rings (SSSR count). The lowest BCUT2D eigenvalue weighted by Crippen LogP contribution is -3.14. The Labute approximate surface area is 149 Å². The Morgan fingerprint density at radius 2 is 1.88 bits per heavy atom. The summed E-state index contributed by atoms with van der Waals surface area (Å²) in [6, 6.07) is 5.39. The normalized spacial score (nSPS) is 12.1. The average Bonchev–Trinajstić information content (AvgIpc) is 2.49. The van der Waals surface area contributed by atoms with Gasteiger partial charge in [0.25, 0.3) is 11.8 Å². The Morgan fingerprint density at radius 3 is 2.50 bits per heavy atom. The van der Waals surface area contributed by atoms with Crippen LogP contribution in [0.4, 0.5) is 5.69 Å². The van der Waals surface area contributed by atoms with E-state index in [9.17, 15) is 9.59 Å². The second kappa shape index (κ2) is 10.3. The van der Waals surface area contributed by atoms with Crippen LogP contribution in [0, 0.1) is 12.8 Å². The fourth-order valence-corrected chi connectivity index (χ4v) is 2.42. The summed E-state index contributed by atoms with van der Waals surface area (Å²) in [4.78, 5) is 25.1. The number of amides is 2. The molecule has 0 heterocycles. The number of benzene rings is 1. The number of carbonyl (C=O) groups is 2. The molecule has 0 aliphatic carbocycles. The Bertz CT molecular complexity index is 561. The zero-order valence-electron chi connectivity index (χ0n) is 15.0. The number of carbonyl (C=O) groups excluding carboxylic acids is 2. The minimum Gasteiger partial charge on any atom is -0.351 e. The monoisotopic (exact) mass is 354 g/mol. The number of rotatable bonds is 9. The van der Waals surface area contributed by atoms with Crippen molar-refractivity contribution in [1.82, 2.24) is 5.32 Å². The molecule has 0 saturated carbocycles. The van der Waals surface area contributed by atoms with Crippen LogP contribution in [-0.4, -0.2) is 38.0 Å². The number of anilines is 1. The highest BCUT2D eigenvalue weighted by Gasteiger charge is 2.17. The van der Waals surface area contributed by atoms with Crippen molar-refractivity contribution in [2.24, 2.45) is 5.92 Å². The summed E-state index contributed by atoms with van der Waals surface area (Å²) in [6.07, 6.45) is 0.960. The summed E-state index contributed by atoms with van der Waals surface area (Å²) >= 11 is 5.96. The van der Waals surface area contributed by atoms with E-state index in [0.717, 1.165) is 16.9 Å². The van der Waals surface area contributed by atoms with E-state index < -0.39 is 0 Å². The van der Waals surface area contributed by atoms with Crippen molar-refractivity contribution in [2.75, 3.05) is 31.5 Å². The van der Waals surface area contributed by atoms with Crippen molar-refractivity contribution < 1.29 is 14.5 Å². The third kappa shape index (κ3) is 7.79. The van der Waals surface area contributed by atoms with E-state index in [4.69, 9.17) is 11.6 Å². The topological polar surface area (TPSA) is 62.6 Å². The first-order valence-electron chi connectivity index (χ1n) is 8.48.